The Labute approximate surface area is 131 Å². The van der Waals surface area contributed by atoms with Crippen molar-refractivity contribution in [3.05, 3.63) is 64.7 Å². The number of benzene rings is 2. The normalized spacial score (nSPS) is 16.0. The molecule has 2 N–H and O–H groups in total. The molecule has 0 spiro atoms. The molecule has 0 bridgehead atoms. The summed E-state index contributed by atoms with van der Waals surface area (Å²) in [5.41, 5.74) is 5.59. The lowest BCUT2D eigenvalue weighted by Gasteiger charge is -2.12. The fourth-order valence-electron chi connectivity index (χ4n) is 3.07. The number of hydrogen-bond acceptors (Lipinski definition) is 2. The lowest BCUT2D eigenvalue weighted by molar-refractivity contribution is 0.0952. The van der Waals surface area contributed by atoms with E-state index in [0.717, 1.165) is 29.7 Å². The smallest absolute Gasteiger partial charge is 0.251 e. The van der Waals surface area contributed by atoms with Crippen molar-refractivity contribution >= 4 is 11.6 Å². The molecule has 1 atom stereocenters. The van der Waals surface area contributed by atoms with Crippen molar-refractivity contribution in [2.75, 3.05) is 18.4 Å². The monoisotopic (exact) mass is 294 g/mol. The molecule has 0 saturated carbocycles. The minimum Gasteiger partial charge on any atom is -0.384 e. The number of aryl methyl sites for hydroxylation is 1. The lowest BCUT2D eigenvalue weighted by atomic mass is 9.98. The van der Waals surface area contributed by atoms with Crippen LogP contribution in [0.5, 0.6) is 0 Å². The molecule has 0 aliphatic carbocycles. The molecule has 22 heavy (non-hydrogen) atoms. The summed E-state index contributed by atoms with van der Waals surface area (Å²) in [6, 6.07) is 14.3. The third kappa shape index (κ3) is 2.84. The lowest BCUT2D eigenvalue weighted by Crippen LogP contribution is -2.26. The van der Waals surface area contributed by atoms with E-state index in [1.165, 1.54) is 11.3 Å². The summed E-state index contributed by atoms with van der Waals surface area (Å²) < 4.78 is 0. The molecule has 114 valence electrons. The molecule has 2 aromatic rings. The highest BCUT2D eigenvalue weighted by molar-refractivity contribution is 5.95. The van der Waals surface area contributed by atoms with Crippen LogP contribution in [-0.4, -0.2) is 19.0 Å². The molecule has 0 saturated heterocycles. The van der Waals surface area contributed by atoms with Gasteiger partial charge in [-0.15, -0.1) is 0 Å². The van der Waals surface area contributed by atoms with Gasteiger partial charge in [-0.3, -0.25) is 4.79 Å². The topological polar surface area (TPSA) is 41.1 Å². The zero-order valence-corrected chi connectivity index (χ0v) is 13.1. The van der Waals surface area contributed by atoms with Crippen LogP contribution in [0.3, 0.4) is 0 Å². The number of rotatable bonds is 4. The maximum atomic E-state index is 12.3. The number of anilines is 1. The number of carbonyl (C=O) groups excluding carboxylic acids is 1. The molecule has 1 aliphatic rings. The van der Waals surface area contributed by atoms with Crippen molar-refractivity contribution in [1.82, 2.24) is 5.32 Å². The van der Waals surface area contributed by atoms with Crippen molar-refractivity contribution in [2.45, 2.75) is 26.2 Å². The average Bonchev–Trinajstić information content (AvgIpc) is 2.93. The molecule has 0 radical (unpaired) electrons. The summed E-state index contributed by atoms with van der Waals surface area (Å²) in [6.07, 6.45) is 0.959. The molecule has 1 heterocycles. The van der Waals surface area contributed by atoms with Crippen molar-refractivity contribution < 1.29 is 4.79 Å². The fourth-order valence-corrected chi connectivity index (χ4v) is 3.07. The Morgan fingerprint density at radius 3 is 2.86 bits per heavy atom. The van der Waals surface area contributed by atoms with Crippen LogP contribution in [0, 0.1) is 13.8 Å². The highest BCUT2D eigenvalue weighted by Crippen LogP contribution is 2.32. The zero-order valence-electron chi connectivity index (χ0n) is 13.1. The van der Waals surface area contributed by atoms with Crippen LogP contribution in [-0.2, 0) is 0 Å². The maximum absolute atomic E-state index is 12.3. The first-order valence-electron chi connectivity index (χ1n) is 7.84. The van der Waals surface area contributed by atoms with E-state index in [4.69, 9.17) is 0 Å². The van der Waals surface area contributed by atoms with Crippen molar-refractivity contribution in [3.63, 3.8) is 0 Å². The van der Waals surface area contributed by atoms with Crippen LogP contribution in [0.25, 0.3) is 0 Å². The summed E-state index contributed by atoms with van der Waals surface area (Å²) in [5, 5.41) is 6.48. The van der Waals surface area contributed by atoms with Crippen LogP contribution in [0.4, 0.5) is 5.69 Å². The van der Waals surface area contributed by atoms with Gasteiger partial charge in [0.2, 0.25) is 0 Å². The quantitative estimate of drug-likeness (QED) is 0.904. The standard InChI is InChI=1S/C19H22N2O/c1-13-6-5-8-16(14(13)2)19(22)20-11-10-15-12-21-18-9-4-3-7-17(15)18/h3-9,15,21H,10-12H2,1-2H3,(H,20,22). The molecule has 2 aromatic carbocycles. The molecule has 1 aliphatic heterocycles. The van der Waals surface area contributed by atoms with Crippen LogP contribution in [0.15, 0.2) is 42.5 Å². The van der Waals surface area contributed by atoms with E-state index in [9.17, 15) is 4.79 Å². The number of nitrogens with one attached hydrogen (secondary N) is 2. The SMILES string of the molecule is Cc1cccc(C(=O)NCCC2CNc3ccccc32)c1C. The summed E-state index contributed by atoms with van der Waals surface area (Å²) >= 11 is 0. The van der Waals surface area contributed by atoms with E-state index in [1.807, 2.05) is 32.0 Å². The van der Waals surface area contributed by atoms with Gasteiger partial charge in [0.1, 0.15) is 0 Å². The Hall–Kier alpha value is -2.29. The van der Waals surface area contributed by atoms with E-state index < -0.39 is 0 Å². The third-order valence-corrected chi connectivity index (χ3v) is 4.57. The van der Waals surface area contributed by atoms with Gasteiger partial charge in [0.15, 0.2) is 0 Å². The zero-order chi connectivity index (χ0) is 15.5. The Morgan fingerprint density at radius 2 is 2.00 bits per heavy atom. The van der Waals surface area contributed by atoms with Crippen LogP contribution < -0.4 is 10.6 Å². The number of fused-ring (bicyclic) bond motifs is 1. The van der Waals surface area contributed by atoms with E-state index in [0.29, 0.717) is 12.5 Å². The number of para-hydroxylation sites is 1. The largest absolute Gasteiger partial charge is 0.384 e. The number of amides is 1. The second kappa shape index (κ2) is 6.22. The van der Waals surface area contributed by atoms with E-state index in [2.05, 4.69) is 34.9 Å². The fraction of sp³-hybridized carbons (Fsp3) is 0.316. The number of carbonyl (C=O) groups is 1. The first kappa shape index (κ1) is 14.6. The summed E-state index contributed by atoms with van der Waals surface area (Å²) in [6.45, 7) is 5.69. The van der Waals surface area contributed by atoms with E-state index >= 15 is 0 Å². The summed E-state index contributed by atoms with van der Waals surface area (Å²) in [7, 11) is 0. The summed E-state index contributed by atoms with van der Waals surface area (Å²) in [4.78, 5) is 12.3. The Balaban J connectivity index is 1.58. The van der Waals surface area contributed by atoms with E-state index in [-0.39, 0.29) is 5.91 Å². The molecule has 3 heteroatoms. The highest BCUT2D eigenvalue weighted by Gasteiger charge is 2.21. The van der Waals surface area contributed by atoms with Crippen LogP contribution in [0.1, 0.15) is 39.4 Å². The third-order valence-electron chi connectivity index (χ3n) is 4.57. The molecule has 0 fully saturated rings. The first-order valence-corrected chi connectivity index (χ1v) is 7.84. The van der Waals surface area contributed by atoms with Gasteiger partial charge in [0, 0.05) is 30.3 Å². The molecular weight excluding hydrogens is 272 g/mol. The van der Waals surface area contributed by atoms with Gasteiger partial charge < -0.3 is 10.6 Å². The van der Waals surface area contributed by atoms with Crippen LogP contribution in [0.2, 0.25) is 0 Å². The predicted octanol–water partition coefficient (Wildman–Crippen LogP) is 3.63. The van der Waals surface area contributed by atoms with Gasteiger partial charge in [0.05, 0.1) is 0 Å². The van der Waals surface area contributed by atoms with Gasteiger partial charge in [-0.05, 0) is 49.1 Å². The molecule has 1 unspecified atom stereocenters. The Bertz CT molecular complexity index is 694. The predicted molar refractivity (Wildman–Crippen MR) is 90.5 cm³/mol. The van der Waals surface area contributed by atoms with Crippen LogP contribution >= 0.6 is 0 Å². The van der Waals surface area contributed by atoms with E-state index in [1.54, 1.807) is 0 Å². The van der Waals surface area contributed by atoms with Gasteiger partial charge in [-0.2, -0.15) is 0 Å². The van der Waals surface area contributed by atoms with Gasteiger partial charge >= 0.3 is 0 Å². The van der Waals surface area contributed by atoms with Gasteiger partial charge in [-0.25, -0.2) is 0 Å². The second-order valence-corrected chi connectivity index (χ2v) is 5.96. The minimum absolute atomic E-state index is 0.0282. The molecule has 0 aromatic heterocycles. The first-order chi connectivity index (χ1) is 10.7. The Kier molecular flexibility index (Phi) is 4.14. The van der Waals surface area contributed by atoms with Crippen molar-refractivity contribution in [1.29, 1.82) is 0 Å². The molecule has 1 amide bonds. The summed E-state index contributed by atoms with van der Waals surface area (Å²) in [5.74, 6) is 0.510. The second-order valence-electron chi connectivity index (χ2n) is 5.96. The molecule has 3 rings (SSSR count). The van der Waals surface area contributed by atoms with Gasteiger partial charge in [-0.1, -0.05) is 30.3 Å². The minimum atomic E-state index is 0.0282. The van der Waals surface area contributed by atoms with Crippen molar-refractivity contribution in [2.24, 2.45) is 0 Å². The van der Waals surface area contributed by atoms with Crippen molar-refractivity contribution in [3.8, 4) is 0 Å². The average molecular weight is 294 g/mol. The van der Waals surface area contributed by atoms with Gasteiger partial charge in [0.25, 0.3) is 5.91 Å². The molecular formula is C19H22N2O. The highest BCUT2D eigenvalue weighted by atomic mass is 16.1. The Morgan fingerprint density at radius 1 is 1.18 bits per heavy atom. The molecule has 3 nitrogen and oxygen atoms in total. The maximum Gasteiger partial charge on any atom is 0.251 e. The number of hydrogen-bond donors (Lipinski definition) is 2.